The molecule has 0 aliphatic heterocycles. The molecule has 0 bridgehead atoms. The molecule has 0 aliphatic carbocycles. The highest BCUT2D eigenvalue weighted by atomic mass is 127. The highest BCUT2D eigenvalue weighted by molar-refractivity contribution is 14.0. The third-order valence-electron chi connectivity index (χ3n) is 4.51. The molecule has 4 nitrogen and oxygen atoms in total. The Hall–Kier alpha value is -1.67. The van der Waals surface area contributed by atoms with Gasteiger partial charge in [-0.25, -0.2) is 4.39 Å². The van der Waals surface area contributed by atoms with E-state index < -0.39 is 0 Å². The Labute approximate surface area is 185 Å². The van der Waals surface area contributed by atoms with Crippen LogP contribution in [-0.2, 0) is 18.5 Å². The van der Waals surface area contributed by atoms with E-state index in [2.05, 4.69) is 72.7 Å². The molecule has 0 aliphatic rings. The van der Waals surface area contributed by atoms with Gasteiger partial charge in [-0.05, 0) is 42.9 Å². The van der Waals surface area contributed by atoms with Crippen LogP contribution in [0.2, 0.25) is 0 Å². The first-order valence-corrected chi connectivity index (χ1v) is 9.23. The quantitative estimate of drug-likeness (QED) is 0.343. The molecular formula is C22H32FIN4. The summed E-state index contributed by atoms with van der Waals surface area (Å²) in [5.41, 5.74) is 3.24. The van der Waals surface area contributed by atoms with E-state index in [9.17, 15) is 4.39 Å². The Morgan fingerprint density at radius 2 is 1.68 bits per heavy atom. The van der Waals surface area contributed by atoms with E-state index in [1.165, 1.54) is 17.2 Å². The van der Waals surface area contributed by atoms with Gasteiger partial charge in [-0.2, -0.15) is 0 Å². The molecule has 0 saturated heterocycles. The predicted molar refractivity (Wildman–Crippen MR) is 127 cm³/mol. The maximum Gasteiger partial charge on any atom is 0.191 e. The molecule has 2 aromatic carbocycles. The molecule has 6 heteroatoms. The average molecular weight is 498 g/mol. The maximum atomic E-state index is 13.5. The minimum Gasteiger partial charge on any atom is -0.356 e. The van der Waals surface area contributed by atoms with Crippen LogP contribution in [-0.4, -0.2) is 38.5 Å². The van der Waals surface area contributed by atoms with Gasteiger partial charge in [-0.1, -0.05) is 50.2 Å². The van der Waals surface area contributed by atoms with Gasteiger partial charge in [0, 0.05) is 32.1 Å². The van der Waals surface area contributed by atoms with Crippen LogP contribution < -0.4 is 10.6 Å². The topological polar surface area (TPSA) is 39.7 Å². The van der Waals surface area contributed by atoms with E-state index in [0.29, 0.717) is 13.1 Å². The molecule has 0 saturated carbocycles. The molecule has 0 fully saturated rings. The van der Waals surface area contributed by atoms with Gasteiger partial charge >= 0.3 is 0 Å². The third-order valence-corrected chi connectivity index (χ3v) is 4.51. The molecule has 2 aromatic rings. The third kappa shape index (κ3) is 7.75. The first-order chi connectivity index (χ1) is 12.8. The molecule has 0 aromatic heterocycles. The highest BCUT2D eigenvalue weighted by Gasteiger charge is 2.21. The standard InChI is InChI=1S/C22H31FN4.HI/c1-22(2,19-7-6-8-20(23)13-19)16-26-21(24-3)25-14-17-9-11-18(12-10-17)15-27(4)5;/h6-13H,14-16H2,1-5H3,(H2,24,25,26);1H. The maximum absolute atomic E-state index is 13.5. The van der Waals surface area contributed by atoms with Crippen molar-refractivity contribution in [3.05, 3.63) is 71.0 Å². The number of rotatable bonds is 7. The van der Waals surface area contributed by atoms with Gasteiger partial charge in [0.2, 0.25) is 0 Å². The van der Waals surface area contributed by atoms with Crippen LogP contribution in [0.4, 0.5) is 4.39 Å². The molecule has 28 heavy (non-hydrogen) atoms. The van der Waals surface area contributed by atoms with Crippen molar-refractivity contribution in [1.82, 2.24) is 15.5 Å². The normalized spacial score (nSPS) is 11.9. The largest absolute Gasteiger partial charge is 0.356 e. The molecular weight excluding hydrogens is 466 g/mol. The lowest BCUT2D eigenvalue weighted by molar-refractivity contribution is 0.402. The van der Waals surface area contributed by atoms with Gasteiger partial charge in [0.1, 0.15) is 5.82 Å². The van der Waals surface area contributed by atoms with Gasteiger partial charge in [0.05, 0.1) is 0 Å². The van der Waals surface area contributed by atoms with E-state index in [4.69, 9.17) is 0 Å². The van der Waals surface area contributed by atoms with Crippen LogP contribution in [0, 0.1) is 5.82 Å². The molecule has 0 heterocycles. The number of nitrogens with one attached hydrogen (secondary N) is 2. The second-order valence-corrected chi connectivity index (χ2v) is 7.73. The lowest BCUT2D eigenvalue weighted by Gasteiger charge is -2.27. The van der Waals surface area contributed by atoms with E-state index >= 15 is 0 Å². The zero-order valence-electron chi connectivity index (χ0n) is 17.4. The monoisotopic (exact) mass is 498 g/mol. The number of aliphatic imine (C=N–C) groups is 1. The first-order valence-electron chi connectivity index (χ1n) is 9.23. The van der Waals surface area contributed by atoms with Crippen LogP contribution in [0.1, 0.15) is 30.5 Å². The second kappa shape index (κ2) is 11.4. The fourth-order valence-electron chi connectivity index (χ4n) is 2.85. The molecule has 2 N–H and O–H groups in total. The van der Waals surface area contributed by atoms with Gasteiger partial charge in [-0.15, -0.1) is 24.0 Å². The Morgan fingerprint density at radius 1 is 1.04 bits per heavy atom. The van der Waals surface area contributed by atoms with Gasteiger partial charge < -0.3 is 15.5 Å². The van der Waals surface area contributed by atoms with Gasteiger partial charge in [0.25, 0.3) is 0 Å². The van der Waals surface area contributed by atoms with Gasteiger partial charge in [-0.3, -0.25) is 4.99 Å². The Kier molecular flexibility index (Phi) is 9.89. The van der Waals surface area contributed by atoms with Gasteiger partial charge in [0.15, 0.2) is 5.96 Å². The minimum atomic E-state index is -0.215. The predicted octanol–water partition coefficient (Wildman–Crippen LogP) is 4.15. The van der Waals surface area contributed by atoms with Crippen molar-refractivity contribution < 1.29 is 4.39 Å². The summed E-state index contributed by atoms with van der Waals surface area (Å²) >= 11 is 0. The number of benzene rings is 2. The summed E-state index contributed by atoms with van der Waals surface area (Å²) in [6.07, 6.45) is 0. The van der Waals surface area contributed by atoms with Crippen LogP contribution >= 0.6 is 24.0 Å². The van der Waals surface area contributed by atoms with E-state index in [0.717, 1.165) is 18.1 Å². The Bertz CT molecular complexity index is 757. The van der Waals surface area contributed by atoms with E-state index in [1.807, 2.05) is 6.07 Å². The fraction of sp³-hybridized carbons (Fsp3) is 0.409. The zero-order chi connectivity index (χ0) is 19.9. The summed E-state index contributed by atoms with van der Waals surface area (Å²) in [5, 5.41) is 6.68. The molecule has 0 atom stereocenters. The Balaban J connectivity index is 0.00000392. The van der Waals surface area contributed by atoms with E-state index in [1.54, 1.807) is 19.2 Å². The summed E-state index contributed by atoms with van der Waals surface area (Å²) in [4.78, 5) is 6.44. The van der Waals surface area contributed by atoms with Crippen molar-refractivity contribution in [3.8, 4) is 0 Å². The summed E-state index contributed by atoms with van der Waals surface area (Å²) in [6, 6.07) is 15.3. The lowest BCUT2D eigenvalue weighted by Crippen LogP contribution is -2.43. The Morgan fingerprint density at radius 3 is 2.25 bits per heavy atom. The number of hydrogen-bond donors (Lipinski definition) is 2. The molecule has 0 unspecified atom stereocenters. The number of hydrogen-bond acceptors (Lipinski definition) is 2. The van der Waals surface area contributed by atoms with Crippen molar-refractivity contribution in [2.75, 3.05) is 27.7 Å². The van der Waals surface area contributed by atoms with E-state index in [-0.39, 0.29) is 35.2 Å². The smallest absolute Gasteiger partial charge is 0.191 e. The summed E-state index contributed by atoms with van der Waals surface area (Å²) in [5.74, 6) is 0.526. The highest BCUT2D eigenvalue weighted by Crippen LogP contribution is 2.22. The van der Waals surface area contributed by atoms with Crippen LogP contribution in [0.15, 0.2) is 53.5 Å². The molecule has 0 radical (unpaired) electrons. The minimum absolute atomic E-state index is 0. The number of nitrogens with zero attached hydrogens (tertiary/aromatic N) is 2. The van der Waals surface area contributed by atoms with Crippen LogP contribution in [0.5, 0.6) is 0 Å². The number of guanidine groups is 1. The second-order valence-electron chi connectivity index (χ2n) is 7.73. The molecule has 2 rings (SSSR count). The number of halogens is 2. The van der Waals surface area contributed by atoms with Crippen LogP contribution in [0.3, 0.4) is 0 Å². The summed E-state index contributed by atoms with van der Waals surface area (Å²) in [6.45, 7) is 6.46. The first kappa shape index (κ1) is 24.4. The molecule has 154 valence electrons. The molecule has 0 amide bonds. The molecule has 0 spiro atoms. The van der Waals surface area contributed by atoms with Crippen LogP contribution in [0.25, 0.3) is 0 Å². The van der Waals surface area contributed by atoms with Crippen molar-refractivity contribution in [3.63, 3.8) is 0 Å². The van der Waals surface area contributed by atoms with Crippen molar-refractivity contribution in [2.24, 2.45) is 4.99 Å². The zero-order valence-corrected chi connectivity index (χ0v) is 19.8. The fourth-order valence-corrected chi connectivity index (χ4v) is 2.85. The average Bonchev–Trinajstić information content (AvgIpc) is 2.62. The SMILES string of the molecule is CN=C(NCc1ccc(CN(C)C)cc1)NCC(C)(C)c1cccc(F)c1.I. The lowest BCUT2D eigenvalue weighted by atomic mass is 9.84. The van der Waals surface area contributed by atoms with Crippen molar-refractivity contribution in [1.29, 1.82) is 0 Å². The summed E-state index contributed by atoms with van der Waals surface area (Å²) < 4.78 is 13.5. The van der Waals surface area contributed by atoms with Crippen molar-refractivity contribution in [2.45, 2.75) is 32.4 Å². The van der Waals surface area contributed by atoms with Crippen molar-refractivity contribution >= 4 is 29.9 Å². The summed E-state index contributed by atoms with van der Waals surface area (Å²) in [7, 11) is 5.89.